The van der Waals surface area contributed by atoms with Gasteiger partial charge >= 0.3 is 0 Å². The van der Waals surface area contributed by atoms with E-state index < -0.39 is 8.38 Å². The van der Waals surface area contributed by atoms with Gasteiger partial charge in [0.1, 0.15) is 11.5 Å². The van der Waals surface area contributed by atoms with Crippen LogP contribution in [-0.2, 0) is 0 Å². The minimum absolute atomic E-state index is 0.100. The Kier molecular flexibility index (Phi) is 12.5. The Morgan fingerprint density at radius 3 is 1.96 bits per heavy atom. The van der Waals surface area contributed by atoms with E-state index >= 15 is 0 Å². The van der Waals surface area contributed by atoms with Crippen molar-refractivity contribution in [3.63, 3.8) is 0 Å². The summed E-state index contributed by atoms with van der Waals surface area (Å²) in [7, 11) is -2.07. The Morgan fingerprint density at radius 1 is 0.964 bits per heavy atom. The second-order valence-corrected chi connectivity index (χ2v) is 7.13. The van der Waals surface area contributed by atoms with E-state index in [0.29, 0.717) is 11.5 Å². The lowest BCUT2D eigenvalue weighted by atomic mass is 10.0. The molecule has 0 bridgehead atoms. The molecule has 0 aromatic heterocycles. The average molecular weight is 410 g/mol. The maximum Gasteiger partial charge on any atom is 0.205 e. The predicted molar refractivity (Wildman–Crippen MR) is 121 cm³/mol. The molecule has 5 nitrogen and oxygen atoms in total. The van der Waals surface area contributed by atoms with Crippen LogP contribution in [0.1, 0.15) is 64.2 Å². The number of hydrogen-bond acceptors (Lipinski definition) is 5. The fraction of sp³-hybridized carbons (Fsp3) is 0.455. The molecule has 0 amide bonds. The molecular weight excluding hydrogens is 373 g/mol. The highest BCUT2D eigenvalue weighted by atomic mass is 31.2. The van der Waals surface area contributed by atoms with Crippen LogP contribution in [0.4, 0.5) is 11.4 Å². The van der Waals surface area contributed by atoms with Crippen LogP contribution in [0.5, 0.6) is 11.5 Å². The third kappa shape index (κ3) is 8.05. The van der Waals surface area contributed by atoms with Crippen LogP contribution in [0.3, 0.4) is 0 Å². The molecule has 0 aliphatic rings. The van der Waals surface area contributed by atoms with Gasteiger partial charge < -0.3 is 24.9 Å². The van der Waals surface area contributed by atoms with Gasteiger partial charge in [0.25, 0.3) is 0 Å². The van der Waals surface area contributed by atoms with Gasteiger partial charge in [0.15, 0.2) is 6.35 Å². The summed E-state index contributed by atoms with van der Waals surface area (Å²) >= 11 is 0. The molecule has 4 N–H and O–H groups in total. The van der Waals surface area contributed by atoms with E-state index in [1.54, 1.807) is 6.07 Å². The van der Waals surface area contributed by atoms with Crippen molar-refractivity contribution < 1.29 is 19.6 Å². The second kappa shape index (κ2) is 13.4. The number of rotatable bonds is 6. The predicted octanol–water partition coefficient (Wildman–Crippen LogP) is 6.56. The van der Waals surface area contributed by atoms with E-state index in [-0.39, 0.29) is 12.3 Å². The van der Waals surface area contributed by atoms with Crippen LogP contribution in [0.25, 0.3) is 0 Å². The first-order valence-electron chi connectivity index (χ1n) is 9.77. The Balaban J connectivity index is 0.00000171. The zero-order valence-electron chi connectivity index (χ0n) is 18.4. The fourth-order valence-electron chi connectivity index (χ4n) is 2.58. The molecule has 0 heterocycles. The summed E-state index contributed by atoms with van der Waals surface area (Å²) in [5.74, 6) is 1.15. The summed E-state index contributed by atoms with van der Waals surface area (Å²) < 4.78 is 5.37. The van der Waals surface area contributed by atoms with Crippen molar-refractivity contribution >= 4 is 19.8 Å². The highest BCUT2D eigenvalue weighted by molar-refractivity contribution is 7.44. The summed E-state index contributed by atoms with van der Waals surface area (Å²) in [6, 6.07) is 9.21. The van der Waals surface area contributed by atoms with Crippen LogP contribution in [-0.4, -0.2) is 21.2 Å². The number of benzene rings is 2. The summed E-state index contributed by atoms with van der Waals surface area (Å²) in [6.07, 6.45) is -0.100. The van der Waals surface area contributed by atoms with Crippen molar-refractivity contribution in [2.75, 3.05) is 11.7 Å². The van der Waals surface area contributed by atoms with Crippen LogP contribution in [0.2, 0.25) is 0 Å². The van der Waals surface area contributed by atoms with Gasteiger partial charge in [-0.1, -0.05) is 41.5 Å². The third-order valence-electron chi connectivity index (χ3n) is 3.77. The SMILES string of the molecule is CC.CC.Cc1cc(OCP(O)O)cc(C)c1Nc1ccc(O)c(C(C)C)c1. The van der Waals surface area contributed by atoms with E-state index in [1.807, 2.05) is 79.7 Å². The molecule has 2 rings (SSSR count). The number of nitrogens with one attached hydrogen (secondary N) is 1. The molecule has 0 aliphatic heterocycles. The smallest absolute Gasteiger partial charge is 0.205 e. The molecule has 0 radical (unpaired) electrons. The highest BCUT2D eigenvalue weighted by Gasteiger charge is 2.11. The van der Waals surface area contributed by atoms with E-state index in [2.05, 4.69) is 5.32 Å². The second-order valence-electron chi connectivity index (χ2n) is 6.13. The van der Waals surface area contributed by atoms with Gasteiger partial charge in [0.2, 0.25) is 8.38 Å². The molecule has 28 heavy (non-hydrogen) atoms. The molecule has 0 saturated heterocycles. The van der Waals surface area contributed by atoms with Gasteiger partial charge in [0, 0.05) is 11.4 Å². The fourth-order valence-corrected chi connectivity index (χ4v) is 2.84. The lowest BCUT2D eigenvalue weighted by Gasteiger charge is -2.17. The number of aromatic hydroxyl groups is 1. The van der Waals surface area contributed by atoms with Crippen LogP contribution in [0.15, 0.2) is 30.3 Å². The molecule has 0 unspecified atom stereocenters. The minimum atomic E-state index is -2.07. The van der Waals surface area contributed by atoms with Gasteiger partial charge in [-0.05, 0) is 66.8 Å². The van der Waals surface area contributed by atoms with Crippen molar-refractivity contribution in [3.05, 3.63) is 47.0 Å². The topological polar surface area (TPSA) is 82.0 Å². The third-order valence-corrected chi connectivity index (χ3v) is 4.13. The molecule has 158 valence electrons. The van der Waals surface area contributed by atoms with Crippen molar-refractivity contribution in [1.29, 1.82) is 0 Å². The van der Waals surface area contributed by atoms with Crippen LogP contribution in [0, 0.1) is 13.8 Å². The minimum Gasteiger partial charge on any atom is -0.508 e. The first-order chi connectivity index (χ1) is 13.3. The van der Waals surface area contributed by atoms with E-state index in [0.717, 1.165) is 28.1 Å². The van der Waals surface area contributed by atoms with Gasteiger partial charge in [-0.3, -0.25) is 0 Å². The van der Waals surface area contributed by atoms with Gasteiger partial charge in [-0.25, -0.2) is 0 Å². The summed E-state index contributed by atoms with van der Waals surface area (Å²) in [6.45, 7) is 16.0. The molecule has 0 atom stereocenters. The van der Waals surface area contributed by atoms with Gasteiger partial charge in [-0.15, -0.1) is 0 Å². The Hall–Kier alpha value is -1.81. The average Bonchev–Trinajstić information content (AvgIpc) is 2.67. The summed E-state index contributed by atoms with van der Waals surface area (Å²) in [5, 5.41) is 13.3. The first kappa shape index (κ1) is 26.2. The lowest BCUT2D eigenvalue weighted by molar-refractivity contribution is 0.347. The van der Waals surface area contributed by atoms with Crippen molar-refractivity contribution in [2.45, 2.75) is 61.3 Å². The number of phenols is 1. The van der Waals surface area contributed by atoms with Gasteiger partial charge in [-0.2, -0.15) is 0 Å². The molecule has 0 fully saturated rings. The largest absolute Gasteiger partial charge is 0.508 e. The standard InChI is InChI=1S/C18H24NO4P.2C2H6/c1-11(2)16-9-14(5-6-17(16)20)19-18-12(3)7-15(8-13(18)4)23-10-24(21)22;2*1-2/h5-9,11,19-22H,10H2,1-4H3;2*1-2H3. The zero-order valence-corrected chi connectivity index (χ0v) is 19.3. The monoisotopic (exact) mass is 409 g/mol. The number of ether oxygens (including phenoxy) is 1. The molecule has 0 saturated carbocycles. The Morgan fingerprint density at radius 2 is 1.50 bits per heavy atom. The van der Waals surface area contributed by atoms with Crippen molar-refractivity contribution in [3.8, 4) is 11.5 Å². The molecule has 2 aromatic carbocycles. The highest BCUT2D eigenvalue weighted by Crippen LogP contribution is 2.33. The lowest BCUT2D eigenvalue weighted by Crippen LogP contribution is -2.00. The maximum absolute atomic E-state index is 9.94. The van der Waals surface area contributed by atoms with Crippen LogP contribution >= 0.6 is 8.38 Å². The van der Waals surface area contributed by atoms with Gasteiger partial charge in [0.05, 0.1) is 0 Å². The van der Waals surface area contributed by atoms with E-state index in [1.165, 1.54) is 0 Å². The van der Waals surface area contributed by atoms with E-state index in [9.17, 15) is 5.11 Å². The van der Waals surface area contributed by atoms with Crippen LogP contribution < -0.4 is 10.1 Å². The summed E-state index contributed by atoms with van der Waals surface area (Å²) in [4.78, 5) is 17.9. The number of phenolic OH excluding ortho intramolecular Hbond substituents is 1. The number of anilines is 2. The molecule has 0 aliphatic carbocycles. The summed E-state index contributed by atoms with van der Waals surface area (Å²) in [5.41, 5.74) is 4.76. The maximum atomic E-state index is 9.94. The number of aryl methyl sites for hydroxylation is 2. The molecular formula is C22H36NO4P. The Labute approximate surface area is 171 Å². The molecule has 2 aromatic rings. The van der Waals surface area contributed by atoms with Crippen molar-refractivity contribution in [1.82, 2.24) is 0 Å². The Bertz CT molecular complexity index is 695. The zero-order chi connectivity index (χ0) is 21.9. The quantitative estimate of drug-likeness (QED) is 0.321. The van der Waals surface area contributed by atoms with Crippen molar-refractivity contribution in [2.24, 2.45) is 0 Å². The molecule has 0 spiro atoms. The normalized spacial score (nSPS) is 10.0. The number of hydrogen-bond donors (Lipinski definition) is 4. The van der Waals surface area contributed by atoms with E-state index in [4.69, 9.17) is 14.5 Å². The molecule has 6 heteroatoms. The first-order valence-corrected chi connectivity index (χ1v) is 11.2.